The predicted octanol–water partition coefficient (Wildman–Crippen LogP) is 1.84. The van der Waals surface area contributed by atoms with Crippen molar-refractivity contribution in [1.29, 1.82) is 0 Å². The summed E-state index contributed by atoms with van der Waals surface area (Å²) in [6, 6.07) is 0. The van der Waals surface area contributed by atoms with E-state index in [1.54, 1.807) is 0 Å². The zero-order valence-electron chi connectivity index (χ0n) is 18.1. The Bertz CT molecular complexity index is 362. The van der Waals surface area contributed by atoms with E-state index < -0.39 is 10.4 Å². The van der Waals surface area contributed by atoms with Gasteiger partial charge >= 0.3 is 51.4 Å². The summed E-state index contributed by atoms with van der Waals surface area (Å²) < 4.78 is 35.2. The third kappa shape index (κ3) is 44.7. The molecule has 26 heavy (non-hydrogen) atoms. The first-order valence-electron chi connectivity index (χ1n) is 10.0. The molecule has 0 aliphatic carbocycles. The van der Waals surface area contributed by atoms with Crippen LogP contribution in [0.4, 0.5) is 0 Å². The molecular formula is C19H42KNO4S. The average Bonchev–Trinajstić information content (AvgIpc) is 2.45. The van der Waals surface area contributed by atoms with Crippen molar-refractivity contribution in [3.63, 3.8) is 0 Å². The maximum Gasteiger partial charge on any atom is 1.00 e. The fourth-order valence-electron chi connectivity index (χ4n) is 2.78. The Labute approximate surface area is 206 Å². The first-order valence-corrected chi connectivity index (χ1v) is 11.4. The largest absolute Gasteiger partial charge is 1.00 e. The minimum Gasteiger partial charge on any atom is -0.759 e. The van der Waals surface area contributed by atoms with Crippen LogP contribution in [0.25, 0.3) is 0 Å². The monoisotopic (exact) mass is 419 g/mol. The molecule has 0 aromatic rings. The van der Waals surface area contributed by atoms with Crippen molar-refractivity contribution in [3.05, 3.63) is 0 Å². The summed E-state index contributed by atoms with van der Waals surface area (Å²) >= 11 is 0. The van der Waals surface area contributed by atoms with Gasteiger partial charge in [-0.15, -0.1) is 0 Å². The Hall–Kier alpha value is 1.47. The number of hydrogen-bond donors (Lipinski definition) is 0. The Morgan fingerprint density at radius 1 is 0.615 bits per heavy atom. The van der Waals surface area contributed by atoms with Crippen LogP contribution in [0.15, 0.2) is 0 Å². The zero-order chi connectivity index (χ0) is 19.6. The molecule has 0 amide bonds. The molecule has 0 radical (unpaired) electrons. The van der Waals surface area contributed by atoms with Gasteiger partial charge in [0.05, 0.1) is 27.7 Å². The topological polar surface area (TPSA) is 80.3 Å². The summed E-state index contributed by atoms with van der Waals surface area (Å²) in [5, 5.41) is 0. The Balaban J connectivity index is -0.000000772. The maximum atomic E-state index is 8.52. The molecule has 7 heteroatoms. The van der Waals surface area contributed by atoms with Crippen LogP contribution in [0.2, 0.25) is 0 Å². The second-order valence-corrected chi connectivity index (χ2v) is 8.83. The minimum atomic E-state index is -5.17. The van der Waals surface area contributed by atoms with Crippen LogP contribution < -0.4 is 51.4 Å². The van der Waals surface area contributed by atoms with Gasteiger partial charge in [0.15, 0.2) is 0 Å². The first-order chi connectivity index (χ1) is 11.6. The van der Waals surface area contributed by atoms with Crippen LogP contribution in [0.3, 0.4) is 0 Å². The number of nitrogens with zero attached hydrogens (tertiary/aromatic N) is 1. The fourth-order valence-corrected chi connectivity index (χ4v) is 2.78. The molecule has 0 N–H and O–H groups in total. The van der Waals surface area contributed by atoms with Gasteiger partial charge in [-0.05, 0) is 12.8 Å². The summed E-state index contributed by atoms with van der Waals surface area (Å²) in [5.41, 5.74) is 0. The van der Waals surface area contributed by atoms with Crippen molar-refractivity contribution in [2.75, 3.05) is 27.7 Å². The van der Waals surface area contributed by atoms with Crippen LogP contribution in [0.5, 0.6) is 0 Å². The number of hydrogen-bond acceptors (Lipinski definition) is 4. The van der Waals surface area contributed by atoms with E-state index in [-0.39, 0.29) is 51.4 Å². The molecule has 0 bridgehead atoms. The van der Waals surface area contributed by atoms with Gasteiger partial charge in [-0.25, -0.2) is 0 Å². The molecule has 0 saturated carbocycles. The van der Waals surface area contributed by atoms with E-state index in [0.717, 1.165) is 4.48 Å². The van der Waals surface area contributed by atoms with Gasteiger partial charge in [0, 0.05) is 10.4 Å². The minimum absolute atomic E-state index is 0. The van der Waals surface area contributed by atoms with Crippen molar-refractivity contribution in [2.24, 2.45) is 0 Å². The molecular weight excluding hydrogens is 377 g/mol. The zero-order valence-corrected chi connectivity index (χ0v) is 22.0. The van der Waals surface area contributed by atoms with E-state index in [9.17, 15) is 0 Å². The Morgan fingerprint density at radius 2 is 0.846 bits per heavy atom. The number of unbranched alkanes of at least 4 members (excludes halogenated alkanes) is 13. The molecule has 0 rings (SSSR count). The van der Waals surface area contributed by atoms with E-state index in [1.807, 2.05) is 0 Å². The molecule has 5 nitrogen and oxygen atoms in total. The Kier molecular flexibility index (Phi) is 26.2. The third-order valence-corrected chi connectivity index (χ3v) is 4.18. The SMILES string of the molecule is CCCCCCCCCCCCCCCC[N+](C)(C)C.O=S(=O)([O-])[O-].[K+]. The smallest absolute Gasteiger partial charge is 0.759 e. The molecule has 0 heterocycles. The van der Waals surface area contributed by atoms with Crippen LogP contribution in [-0.2, 0) is 10.4 Å². The van der Waals surface area contributed by atoms with Crippen LogP contribution in [0, 0.1) is 0 Å². The van der Waals surface area contributed by atoms with Gasteiger partial charge in [0.1, 0.15) is 0 Å². The number of rotatable bonds is 15. The summed E-state index contributed by atoms with van der Waals surface area (Å²) in [4.78, 5) is 0. The molecule has 0 fully saturated rings. The standard InChI is InChI=1S/C19H42N.K.H2O4S/c1-5-6-7-8-9-10-11-12-13-14-15-16-17-18-19-20(2,3)4;;1-5(2,3)4/h5-19H2,1-4H3;;(H2,1,2,3,4)/q2*+1;/p-2. The summed E-state index contributed by atoms with van der Waals surface area (Å²) in [5.74, 6) is 0. The van der Waals surface area contributed by atoms with Crippen molar-refractivity contribution >= 4 is 10.4 Å². The van der Waals surface area contributed by atoms with Crippen molar-refractivity contribution < 1.29 is 73.4 Å². The van der Waals surface area contributed by atoms with Crippen LogP contribution >= 0.6 is 0 Å². The predicted molar refractivity (Wildman–Crippen MR) is 104 cm³/mol. The van der Waals surface area contributed by atoms with Gasteiger partial charge in [-0.1, -0.05) is 84.0 Å². The summed E-state index contributed by atoms with van der Waals surface area (Å²) in [6.07, 6.45) is 20.4. The van der Waals surface area contributed by atoms with Crippen LogP contribution in [0.1, 0.15) is 96.8 Å². The van der Waals surface area contributed by atoms with Crippen LogP contribution in [-0.4, -0.2) is 49.7 Å². The van der Waals surface area contributed by atoms with Crippen molar-refractivity contribution in [1.82, 2.24) is 0 Å². The van der Waals surface area contributed by atoms with Crippen molar-refractivity contribution in [3.8, 4) is 0 Å². The molecule has 0 aliphatic rings. The van der Waals surface area contributed by atoms with E-state index in [4.69, 9.17) is 17.5 Å². The average molecular weight is 420 g/mol. The van der Waals surface area contributed by atoms with E-state index >= 15 is 0 Å². The molecule has 0 aromatic carbocycles. The van der Waals surface area contributed by atoms with Gasteiger partial charge in [-0.3, -0.25) is 8.42 Å². The third-order valence-electron chi connectivity index (χ3n) is 4.18. The van der Waals surface area contributed by atoms with Crippen molar-refractivity contribution in [2.45, 2.75) is 96.8 Å². The number of quaternary nitrogens is 1. The molecule has 0 spiro atoms. The van der Waals surface area contributed by atoms with Gasteiger partial charge < -0.3 is 13.6 Å². The Morgan fingerprint density at radius 3 is 1.08 bits per heavy atom. The second kappa shape index (κ2) is 21.2. The maximum absolute atomic E-state index is 8.52. The normalized spacial score (nSPS) is 11.5. The molecule has 154 valence electrons. The summed E-state index contributed by atoms with van der Waals surface area (Å²) in [7, 11) is 1.72. The van der Waals surface area contributed by atoms with Gasteiger partial charge in [0.25, 0.3) is 0 Å². The quantitative estimate of drug-likeness (QED) is 0.133. The van der Waals surface area contributed by atoms with E-state index in [0.29, 0.717) is 0 Å². The van der Waals surface area contributed by atoms with Gasteiger partial charge in [-0.2, -0.15) is 0 Å². The summed E-state index contributed by atoms with van der Waals surface area (Å²) in [6.45, 7) is 3.63. The molecule has 0 aromatic heterocycles. The molecule has 0 atom stereocenters. The first kappa shape index (κ1) is 32.1. The molecule has 0 saturated heterocycles. The second-order valence-electron chi connectivity index (χ2n) is 8.02. The molecule has 0 aliphatic heterocycles. The van der Waals surface area contributed by atoms with Gasteiger partial charge in [0.2, 0.25) is 0 Å². The fraction of sp³-hybridized carbons (Fsp3) is 1.00. The molecule has 0 unspecified atom stereocenters. The van der Waals surface area contributed by atoms with E-state index in [2.05, 4.69) is 28.1 Å². The van der Waals surface area contributed by atoms with E-state index in [1.165, 1.54) is 96.4 Å².